The molecule has 15 heavy (non-hydrogen) atoms. The van der Waals surface area contributed by atoms with Gasteiger partial charge in [-0.2, -0.15) is 0 Å². The molecule has 78 valence electrons. The third kappa shape index (κ3) is 2.10. The van der Waals surface area contributed by atoms with E-state index >= 15 is 0 Å². The Balaban J connectivity index is 2.17. The van der Waals surface area contributed by atoms with Crippen molar-refractivity contribution in [3.8, 4) is 0 Å². The maximum Gasteiger partial charge on any atom is 0.317 e. The highest BCUT2D eigenvalue weighted by molar-refractivity contribution is 8.00. The van der Waals surface area contributed by atoms with Crippen LogP contribution >= 0.6 is 11.8 Å². The summed E-state index contributed by atoms with van der Waals surface area (Å²) in [5, 5.41) is 10.4. The standard InChI is InChI=1S/C9H7NO4S/c11-8-5-15-9(14-8)6-1-3-7(4-2-6)10(12)13/h1-4,9H,5H2/t9-/m1/s1. The molecule has 0 unspecified atom stereocenters. The van der Waals surface area contributed by atoms with Crippen molar-refractivity contribution in [3.63, 3.8) is 0 Å². The first kappa shape index (κ1) is 9.97. The van der Waals surface area contributed by atoms with E-state index in [1.807, 2.05) is 0 Å². The van der Waals surface area contributed by atoms with E-state index in [0.717, 1.165) is 5.56 Å². The molecule has 1 saturated heterocycles. The van der Waals surface area contributed by atoms with Gasteiger partial charge in [-0.05, 0) is 12.1 Å². The van der Waals surface area contributed by atoms with Crippen molar-refractivity contribution in [1.82, 2.24) is 0 Å². The number of carbonyl (C=O) groups excluding carboxylic acids is 1. The first-order valence-electron chi connectivity index (χ1n) is 4.22. The molecule has 0 aromatic heterocycles. The minimum absolute atomic E-state index is 0.0353. The Kier molecular flexibility index (Phi) is 2.59. The summed E-state index contributed by atoms with van der Waals surface area (Å²) in [6, 6.07) is 6.02. The Bertz CT molecular complexity index is 403. The summed E-state index contributed by atoms with van der Waals surface area (Å²) in [5.74, 6) is 0.0881. The second-order valence-corrected chi connectivity index (χ2v) is 4.03. The minimum Gasteiger partial charge on any atom is -0.446 e. The number of nitrogens with zero attached hydrogens (tertiary/aromatic N) is 1. The molecule has 1 aromatic carbocycles. The maximum atomic E-state index is 10.9. The highest BCUT2D eigenvalue weighted by Crippen LogP contribution is 2.35. The molecule has 0 aliphatic carbocycles. The summed E-state index contributed by atoms with van der Waals surface area (Å²) in [4.78, 5) is 20.8. The number of ether oxygens (including phenoxy) is 1. The zero-order chi connectivity index (χ0) is 10.8. The minimum atomic E-state index is -0.461. The largest absolute Gasteiger partial charge is 0.446 e. The first-order chi connectivity index (χ1) is 7.16. The monoisotopic (exact) mass is 225 g/mol. The predicted octanol–water partition coefficient (Wildman–Crippen LogP) is 1.88. The lowest BCUT2D eigenvalue weighted by Crippen LogP contribution is -1.98. The third-order valence-corrected chi connectivity index (χ3v) is 3.04. The van der Waals surface area contributed by atoms with Crippen LogP contribution in [0.15, 0.2) is 24.3 Å². The van der Waals surface area contributed by atoms with Crippen LogP contribution in [0.5, 0.6) is 0 Å². The van der Waals surface area contributed by atoms with Crippen molar-refractivity contribution in [2.45, 2.75) is 5.44 Å². The molecule has 1 aromatic rings. The van der Waals surface area contributed by atoms with Crippen LogP contribution in [0.3, 0.4) is 0 Å². The highest BCUT2D eigenvalue weighted by atomic mass is 32.2. The normalized spacial score (nSPS) is 20.0. The van der Waals surface area contributed by atoms with Gasteiger partial charge < -0.3 is 4.74 Å². The molecule has 1 heterocycles. The van der Waals surface area contributed by atoms with Gasteiger partial charge >= 0.3 is 5.97 Å². The molecule has 0 amide bonds. The topological polar surface area (TPSA) is 69.4 Å². The van der Waals surface area contributed by atoms with Crippen LogP contribution in [0.2, 0.25) is 0 Å². The third-order valence-electron chi connectivity index (χ3n) is 1.97. The van der Waals surface area contributed by atoms with E-state index in [0.29, 0.717) is 5.75 Å². The van der Waals surface area contributed by atoms with Gasteiger partial charge in [-0.25, -0.2) is 0 Å². The molecule has 1 atom stereocenters. The summed E-state index contributed by atoms with van der Waals surface area (Å²) >= 11 is 1.38. The van der Waals surface area contributed by atoms with E-state index in [9.17, 15) is 14.9 Å². The smallest absolute Gasteiger partial charge is 0.317 e. The Morgan fingerprint density at radius 1 is 1.40 bits per heavy atom. The average molecular weight is 225 g/mol. The molecule has 0 N–H and O–H groups in total. The van der Waals surface area contributed by atoms with Gasteiger partial charge in [-0.1, -0.05) is 0 Å². The van der Waals surface area contributed by atoms with Crippen LogP contribution in [0, 0.1) is 10.1 Å². The van der Waals surface area contributed by atoms with E-state index < -0.39 is 4.92 Å². The SMILES string of the molecule is O=C1CS[C@H](c2ccc([N+](=O)[O-])cc2)O1. The van der Waals surface area contributed by atoms with E-state index in [-0.39, 0.29) is 17.1 Å². The summed E-state index contributed by atoms with van der Waals surface area (Å²) in [5.41, 5.74) is 0.489. The number of carbonyl (C=O) groups is 1. The number of non-ortho nitro benzene ring substituents is 1. The molecule has 0 spiro atoms. The van der Waals surface area contributed by atoms with Crippen LogP contribution < -0.4 is 0 Å². The number of nitro benzene ring substituents is 1. The number of hydrogen-bond acceptors (Lipinski definition) is 5. The number of nitro groups is 1. The van der Waals surface area contributed by atoms with Crippen molar-refractivity contribution in [1.29, 1.82) is 0 Å². The number of thioether (sulfide) groups is 1. The Hall–Kier alpha value is -1.56. The van der Waals surface area contributed by atoms with E-state index in [1.54, 1.807) is 12.1 Å². The lowest BCUT2D eigenvalue weighted by Gasteiger charge is -2.07. The molecule has 0 radical (unpaired) electrons. The highest BCUT2D eigenvalue weighted by Gasteiger charge is 2.25. The first-order valence-corrected chi connectivity index (χ1v) is 5.27. The van der Waals surface area contributed by atoms with Crippen LogP contribution in [-0.4, -0.2) is 16.6 Å². The molecule has 0 saturated carbocycles. The van der Waals surface area contributed by atoms with Crippen molar-refractivity contribution in [2.75, 3.05) is 5.75 Å². The lowest BCUT2D eigenvalue weighted by molar-refractivity contribution is -0.384. The van der Waals surface area contributed by atoms with Gasteiger partial charge in [0.15, 0.2) is 5.44 Å². The van der Waals surface area contributed by atoms with Gasteiger partial charge in [-0.3, -0.25) is 14.9 Å². The summed E-state index contributed by atoms with van der Waals surface area (Å²) in [6.07, 6.45) is 0. The Labute approximate surface area is 89.6 Å². The predicted molar refractivity (Wildman–Crippen MR) is 54.4 cm³/mol. The fraction of sp³-hybridized carbons (Fsp3) is 0.222. The second kappa shape index (κ2) is 3.90. The zero-order valence-electron chi connectivity index (χ0n) is 7.58. The molecular formula is C9H7NO4S. The number of esters is 1. The summed E-state index contributed by atoms with van der Waals surface area (Å²) in [7, 11) is 0. The molecular weight excluding hydrogens is 218 g/mol. The summed E-state index contributed by atoms with van der Waals surface area (Å²) in [6.45, 7) is 0. The quantitative estimate of drug-likeness (QED) is 0.436. The molecule has 6 heteroatoms. The molecule has 1 fully saturated rings. The number of cyclic esters (lactones) is 1. The van der Waals surface area contributed by atoms with Crippen LogP contribution in [0.4, 0.5) is 5.69 Å². The second-order valence-electron chi connectivity index (χ2n) is 2.98. The van der Waals surface area contributed by atoms with Crippen LogP contribution in [0.1, 0.15) is 11.0 Å². The van der Waals surface area contributed by atoms with Crippen LogP contribution in [-0.2, 0) is 9.53 Å². The van der Waals surface area contributed by atoms with Crippen molar-refractivity contribution >= 4 is 23.4 Å². The van der Waals surface area contributed by atoms with Gasteiger partial charge in [0, 0.05) is 17.7 Å². The van der Waals surface area contributed by atoms with Crippen molar-refractivity contribution in [2.24, 2.45) is 0 Å². The average Bonchev–Trinajstić information content (AvgIpc) is 2.65. The number of rotatable bonds is 2. The van der Waals surface area contributed by atoms with Gasteiger partial charge in [-0.15, -0.1) is 11.8 Å². The molecule has 5 nitrogen and oxygen atoms in total. The number of benzene rings is 1. The van der Waals surface area contributed by atoms with Crippen LogP contribution in [0.25, 0.3) is 0 Å². The van der Waals surface area contributed by atoms with Crippen molar-refractivity contribution in [3.05, 3.63) is 39.9 Å². The molecule has 1 aliphatic heterocycles. The Morgan fingerprint density at radius 2 is 2.07 bits per heavy atom. The fourth-order valence-electron chi connectivity index (χ4n) is 1.25. The van der Waals surface area contributed by atoms with E-state index in [1.165, 1.54) is 23.9 Å². The Morgan fingerprint density at radius 3 is 2.53 bits per heavy atom. The van der Waals surface area contributed by atoms with E-state index in [4.69, 9.17) is 4.74 Å². The zero-order valence-corrected chi connectivity index (χ0v) is 8.40. The molecule has 2 rings (SSSR count). The van der Waals surface area contributed by atoms with Gasteiger partial charge in [0.05, 0.1) is 10.7 Å². The number of hydrogen-bond donors (Lipinski definition) is 0. The van der Waals surface area contributed by atoms with Gasteiger partial charge in [0.1, 0.15) is 0 Å². The van der Waals surface area contributed by atoms with Gasteiger partial charge in [0.25, 0.3) is 5.69 Å². The summed E-state index contributed by atoms with van der Waals surface area (Å²) < 4.78 is 5.00. The maximum absolute atomic E-state index is 10.9. The molecule has 1 aliphatic rings. The van der Waals surface area contributed by atoms with Crippen molar-refractivity contribution < 1.29 is 14.5 Å². The van der Waals surface area contributed by atoms with Gasteiger partial charge in [0.2, 0.25) is 0 Å². The fourth-order valence-corrected chi connectivity index (χ4v) is 2.13. The molecule has 0 bridgehead atoms. The lowest BCUT2D eigenvalue weighted by atomic mass is 10.2. The van der Waals surface area contributed by atoms with E-state index in [2.05, 4.69) is 0 Å².